The number of aromatic nitrogens is 2. The van der Waals surface area contributed by atoms with Crippen LogP contribution in [-0.2, 0) is 4.79 Å². The van der Waals surface area contributed by atoms with Crippen molar-refractivity contribution in [2.75, 3.05) is 11.1 Å². The van der Waals surface area contributed by atoms with Crippen molar-refractivity contribution in [1.29, 1.82) is 0 Å². The molecule has 3 N–H and O–H groups in total. The Morgan fingerprint density at radius 1 is 1.03 bits per heavy atom. The Hall–Kier alpha value is -4.00. The number of ether oxygens (including phenoxy) is 1. The Bertz CT molecular complexity index is 1090. The van der Waals surface area contributed by atoms with Crippen molar-refractivity contribution in [3.63, 3.8) is 0 Å². The van der Waals surface area contributed by atoms with Gasteiger partial charge in [0, 0.05) is 24.2 Å². The van der Waals surface area contributed by atoms with Crippen LogP contribution in [0.4, 0.5) is 11.5 Å². The highest BCUT2D eigenvalue weighted by molar-refractivity contribution is 6.30. The van der Waals surface area contributed by atoms with Crippen LogP contribution in [-0.4, -0.2) is 21.6 Å². The van der Waals surface area contributed by atoms with E-state index in [1.54, 1.807) is 42.9 Å². The molecule has 0 amide bonds. The summed E-state index contributed by atoms with van der Waals surface area (Å²) in [5, 5.41) is 3.20. The summed E-state index contributed by atoms with van der Waals surface area (Å²) in [5.41, 5.74) is 7.56. The van der Waals surface area contributed by atoms with Gasteiger partial charge < -0.3 is 15.8 Å². The number of rotatable bonds is 4. The molecule has 0 saturated carbocycles. The van der Waals surface area contributed by atoms with Crippen LogP contribution in [0.15, 0.2) is 78.2 Å². The first-order valence-corrected chi connectivity index (χ1v) is 9.10. The van der Waals surface area contributed by atoms with Gasteiger partial charge in [-0.1, -0.05) is 18.2 Å². The molecule has 3 heterocycles. The van der Waals surface area contributed by atoms with Gasteiger partial charge >= 0.3 is 0 Å². The molecule has 0 spiro atoms. The van der Waals surface area contributed by atoms with E-state index in [-0.39, 0.29) is 5.78 Å². The van der Waals surface area contributed by atoms with Gasteiger partial charge in [-0.05, 0) is 37.3 Å². The predicted octanol–water partition coefficient (Wildman–Crippen LogP) is 3.92. The van der Waals surface area contributed by atoms with E-state index in [4.69, 9.17) is 10.5 Å². The second kappa shape index (κ2) is 7.93. The van der Waals surface area contributed by atoms with Gasteiger partial charge in [-0.3, -0.25) is 9.78 Å². The third kappa shape index (κ3) is 4.14. The second-order valence-corrected chi connectivity index (χ2v) is 6.53. The number of nitrogen functional groups attached to an aromatic ring is 1. The quantitative estimate of drug-likeness (QED) is 0.706. The van der Waals surface area contributed by atoms with Crippen LogP contribution in [0.2, 0.25) is 0 Å². The minimum Gasteiger partial charge on any atom is -0.456 e. The molecule has 1 atom stereocenters. The topological polar surface area (TPSA) is 102 Å². The molecule has 4 rings (SSSR count). The van der Waals surface area contributed by atoms with Crippen LogP contribution < -0.4 is 15.8 Å². The first-order chi connectivity index (χ1) is 14.1. The van der Waals surface area contributed by atoms with Crippen LogP contribution in [0.5, 0.6) is 11.5 Å². The molecule has 1 aliphatic rings. The monoisotopic (exact) mass is 385 g/mol. The normalized spacial score (nSPS) is 16.0. The molecule has 0 radical (unpaired) electrons. The van der Waals surface area contributed by atoms with Gasteiger partial charge in [0.05, 0.1) is 23.4 Å². The number of allylic oxidation sites excluding steroid dienone is 1. The summed E-state index contributed by atoms with van der Waals surface area (Å²) < 4.78 is 5.71. The van der Waals surface area contributed by atoms with Gasteiger partial charge in [-0.2, -0.15) is 0 Å². The number of ketones is 1. The van der Waals surface area contributed by atoms with Crippen LogP contribution in [0.25, 0.3) is 5.57 Å². The zero-order chi connectivity index (χ0) is 20.2. The lowest BCUT2D eigenvalue weighted by Gasteiger charge is -2.20. The van der Waals surface area contributed by atoms with E-state index in [2.05, 4.69) is 20.3 Å². The lowest BCUT2D eigenvalue weighted by molar-refractivity contribution is -0.115. The molecule has 3 aromatic rings. The van der Waals surface area contributed by atoms with Crippen molar-refractivity contribution < 1.29 is 9.53 Å². The Balaban J connectivity index is 1.52. The number of nitrogens with two attached hydrogens (primary N) is 1. The molecule has 7 heteroatoms. The van der Waals surface area contributed by atoms with Crippen molar-refractivity contribution in [1.82, 2.24) is 9.97 Å². The minimum atomic E-state index is -0.396. The molecule has 7 nitrogen and oxygen atoms in total. The SMILES string of the molecule is CC1C(=O)C(c2ccc(Oc3ccnc(N)c3)cn2)=CN=C1Nc1ccccc1. The van der Waals surface area contributed by atoms with E-state index < -0.39 is 5.92 Å². The number of nitrogens with zero attached hydrogens (tertiary/aromatic N) is 3. The first kappa shape index (κ1) is 18.4. The smallest absolute Gasteiger partial charge is 0.176 e. The van der Waals surface area contributed by atoms with E-state index >= 15 is 0 Å². The largest absolute Gasteiger partial charge is 0.456 e. The van der Waals surface area contributed by atoms with Crippen molar-refractivity contribution in [3.8, 4) is 11.5 Å². The molecule has 1 aromatic carbocycles. The van der Waals surface area contributed by atoms with Gasteiger partial charge in [0.15, 0.2) is 5.78 Å². The number of pyridine rings is 2. The highest BCUT2D eigenvalue weighted by Crippen LogP contribution is 2.26. The average Bonchev–Trinajstić information content (AvgIpc) is 2.73. The maximum atomic E-state index is 12.9. The average molecular weight is 385 g/mol. The summed E-state index contributed by atoms with van der Waals surface area (Å²) in [6.45, 7) is 1.83. The molecule has 0 aliphatic carbocycles. The van der Waals surface area contributed by atoms with Gasteiger partial charge in [0.2, 0.25) is 0 Å². The lowest BCUT2D eigenvalue weighted by Crippen LogP contribution is -2.30. The second-order valence-electron chi connectivity index (χ2n) is 6.53. The summed E-state index contributed by atoms with van der Waals surface area (Å²) in [7, 11) is 0. The van der Waals surface area contributed by atoms with Crippen LogP contribution in [0, 0.1) is 5.92 Å². The maximum absolute atomic E-state index is 12.9. The van der Waals surface area contributed by atoms with Gasteiger partial charge in [-0.25, -0.2) is 9.98 Å². The Morgan fingerprint density at radius 3 is 2.59 bits per heavy atom. The van der Waals surface area contributed by atoms with E-state index in [9.17, 15) is 4.79 Å². The number of anilines is 2. The summed E-state index contributed by atoms with van der Waals surface area (Å²) in [6, 6.07) is 16.4. The Kier molecular flexibility index (Phi) is 5.03. The number of nitrogens with one attached hydrogen (secondary N) is 1. The van der Waals surface area contributed by atoms with E-state index in [0.29, 0.717) is 34.4 Å². The fourth-order valence-electron chi connectivity index (χ4n) is 2.90. The molecular weight excluding hydrogens is 366 g/mol. The molecule has 1 aliphatic heterocycles. The van der Waals surface area contributed by atoms with Gasteiger partial charge in [0.1, 0.15) is 23.2 Å². The summed E-state index contributed by atoms with van der Waals surface area (Å²) in [4.78, 5) is 25.6. The molecule has 1 unspecified atom stereocenters. The number of hydrogen-bond acceptors (Lipinski definition) is 7. The number of carbonyl (C=O) groups excluding carboxylic acids is 1. The van der Waals surface area contributed by atoms with Crippen molar-refractivity contribution in [2.45, 2.75) is 6.92 Å². The molecule has 29 heavy (non-hydrogen) atoms. The molecule has 2 aromatic heterocycles. The van der Waals surface area contributed by atoms with Gasteiger partial charge in [-0.15, -0.1) is 0 Å². The van der Waals surface area contributed by atoms with E-state index in [1.165, 1.54) is 0 Å². The third-order valence-electron chi connectivity index (χ3n) is 4.45. The van der Waals surface area contributed by atoms with Crippen molar-refractivity contribution in [2.24, 2.45) is 10.9 Å². The van der Waals surface area contributed by atoms with Crippen molar-refractivity contribution in [3.05, 3.63) is 78.9 Å². The van der Waals surface area contributed by atoms with Crippen LogP contribution in [0.3, 0.4) is 0 Å². The minimum absolute atomic E-state index is 0.0403. The van der Waals surface area contributed by atoms with Gasteiger partial charge in [0.25, 0.3) is 0 Å². The molecule has 144 valence electrons. The highest BCUT2D eigenvalue weighted by Gasteiger charge is 2.27. The Labute approximate surface area is 168 Å². The fraction of sp³-hybridized carbons (Fsp3) is 0.0909. The van der Waals surface area contributed by atoms with Crippen LogP contribution >= 0.6 is 0 Å². The first-order valence-electron chi connectivity index (χ1n) is 9.10. The Morgan fingerprint density at radius 2 is 1.86 bits per heavy atom. The predicted molar refractivity (Wildman–Crippen MR) is 113 cm³/mol. The lowest BCUT2D eigenvalue weighted by atomic mass is 9.94. The van der Waals surface area contributed by atoms with Crippen LogP contribution in [0.1, 0.15) is 12.6 Å². The molecular formula is C22H19N5O2. The van der Waals surface area contributed by atoms with E-state index in [1.807, 2.05) is 37.3 Å². The number of aliphatic imine (C=N–C) groups is 1. The number of Topliss-reactive ketones (excluding diaryl/α,β-unsaturated/α-hetero) is 1. The number of amidine groups is 1. The molecule has 0 fully saturated rings. The number of benzene rings is 1. The zero-order valence-corrected chi connectivity index (χ0v) is 15.7. The summed E-state index contributed by atoms with van der Waals surface area (Å²) in [5.74, 6) is 1.65. The fourth-order valence-corrected chi connectivity index (χ4v) is 2.90. The van der Waals surface area contributed by atoms with E-state index in [0.717, 1.165) is 5.69 Å². The number of carbonyl (C=O) groups is 1. The molecule has 0 saturated heterocycles. The maximum Gasteiger partial charge on any atom is 0.176 e. The standard InChI is InChI=1S/C22H19N5O2/c1-14-21(28)18(13-26-22(14)27-15-5-3-2-4-6-15)19-8-7-17(12-25-19)29-16-9-10-24-20(23)11-16/h2-14H,1H3,(H2,23,24)(H,26,27). The summed E-state index contributed by atoms with van der Waals surface area (Å²) >= 11 is 0. The van der Waals surface area contributed by atoms with Crippen molar-refractivity contribution >= 4 is 28.7 Å². The molecule has 0 bridgehead atoms. The third-order valence-corrected chi connectivity index (χ3v) is 4.45. The zero-order valence-electron chi connectivity index (χ0n) is 15.7. The highest BCUT2D eigenvalue weighted by atomic mass is 16.5. The number of hydrogen-bond donors (Lipinski definition) is 2. The number of para-hydroxylation sites is 1. The summed E-state index contributed by atoms with van der Waals surface area (Å²) in [6.07, 6.45) is 4.69.